The molecule has 0 heterocycles. The SMILES string of the molecule is NCCNCCN.O=S(=O)(O)O.OO. The molecule has 0 fully saturated rings. The third kappa shape index (κ3) is 98.6. The molecule has 10 heteroatoms. The fourth-order valence-electron chi connectivity index (χ4n) is 0.329. The lowest BCUT2D eigenvalue weighted by atomic mass is 10.6. The molecule has 9 nitrogen and oxygen atoms in total. The molecule has 90 valence electrons. The minimum absolute atomic E-state index is 0.694. The monoisotopic (exact) mass is 235 g/mol. The first kappa shape index (κ1) is 19.3. The van der Waals surface area contributed by atoms with Gasteiger partial charge in [0.2, 0.25) is 0 Å². The molecule has 0 saturated heterocycles. The van der Waals surface area contributed by atoms with Gasteiger partial charge in [0.1, 0.15) is 0 Å². The highest BCUT2D eigenvalue weighted by Crippen LogP contribution is 1.59. The first-order valence-corrected chi connectivity index (χ1v) is 4.82. The summed E-state index contributed by atoms with van der Waals surface area (Å²) in [5, 5.41) is 15.0. The molecule has 0 radical (unpaired) electrons. The van der Waals surface area contributed by atoms with Gasteiger partial charge in [0.05, 0.1) is 0 Å². The summed E-state index contributed by atoms with van der Waals surface area (Å²) >= 11 is 0. The van der Waals surface area contributed by atoms with Crippen LogP contribution in [0.3, 0.4) is 0 Å². The molecule has 0 amide bonds. The van der Waals surface area contributed by atoms with Crippen LogP contribution < -0.4 is 16.8 Å². The molecule has 0 atom stereocenters. The molecule has 0 aromatic carbocycles. The third-order valence-electron chi connectivity index (χ3n) is 0.642. The second-order valence-corrected chi connectivity index (χ2v) is 2.67. The van der Waals surface area contributed by atoms with E-state index in [9.17, 15) is 0 Å². The first-order valence-electron chi connectivity index (χ1n) is 3.42. The fourth-order valence-corrected chi connectivity index (χ4v) is 0.329. The van der Waals surface area contributed by atoms with Crippen molar-refractivity contribution in [1.29, 1.82) is 0 Å². The predicted molar refractivity (Wildman–Crippen MR) is 50.4 cm³/mol. The molecule has 0 bridgehead atoms. The predicted octanol–water partition coefficient (Wildman–Crippen LogP) is -2.14. The van der Waals surface area contributed by atoms with Gasteiger partial charge in [0.15, 0.2) is 0 Å². The van der Waals surface area contributed by atoms with Gasteiger partial charge >= 0.3 is 10.4 Å². The van der Waals surface area contributed by atoms with E-state index in [-0.39, 0.29) is 0 Å². The Bertz CT molecular complexity index is 160. The summed E-state index contributed by atoms with van der Waals surface area (Å²) in [6.07, 6.45) is 0. The Hall–Kier alpha value is -0.330. The van der Waals surface area contributed by atoms with Crippen LogP contribution in [0.2, 0.25) is 0 Å². The average Bonchev–Trinajstić information content (AvgIpc) is 2.06. The molecule has 0 rings (SSSR count). The lowest BCUT2D eigenvalue weighted by Gasteiger charge is -1.95. The molecule has 0 aromatic heterocycles. The minimum atomic E-state index is -4.67. The Morgan fingerprint density at radius 3 is 1.36 bits per heavy atom. The van der Waals surface area contributed by atoms with Crippen LogP contribution in [0.15, 0.2) is 0 Å². The van der Waals surface area contributed by atoms with Crippen LogP contribution >= 0.6 is 0 Å². The summed E-state index contributed by atoms with van der Waals surface area (Å²) in [6, 6.07) is 0. The maximum atomic E-state index is 8.74. The van der Waals surface area contributed by atoms with Gasteiger partial charge in [-0.15, -0.1) is 0 Å². The van der Waals surface area contributed by atoms with E-state index >= 15 is 0 Å². The van der Waals surface area contributed by atoms with Gasteiger partial charge in [0.25, 0.3) is 0 Å². The van der Waals surface area contributed by atoms with Crippen molar-refractivity contribution in [3.8, 4) is 0 Å². The highest BCUT2D eigenvalue weighted by atomic mass is 32.3. The Balaban J connectivity index is -0.000000152. The lowest BCUT2D eigenvalue weighted by molar-refractivity contribution is -0.176. The molecule has 0 aromatic rings. The van der Waals surface area contributed by atoms with Gasteiger partial charge in [-0.1, -0.05) is 0 Å². The van der Waals surface area contributed by atoms with Crippen LogP contribution in [-0.4, -0.2) is 54.2 Å². The van der Waals surface area contributed by atoms with E-state index in [0.29, 0.717) is 13.1 Å². The smallest absolute Gasteiger partial charge is 0.329 e. The highest BCUT2D eigenvalue weighted by molar-refractivity contribution is 7.79. The van der Waals surface area contributed by atoms with Crippen molar-refractivity contribution < 1.29 is 28.0 Å². The summed E-state index contributed by atoms with van der Waals surface area (Å²) in [6.45, 7) is 3.13. The van der Waals surface area contributed by atoms with Crippen LogP contribution in [0, 0.1) is 0 Å². The maximum Gasteiger partial charge on any atom is 0.394 e. The highest BCUT2D eigenvalue weighted by Gasteiger charge is 1.84. The Labute approximate surface area is 82.2 Å². The third-order valence-corrected chi connectivity index (χ3v) is 0.642. The number of hydrogen-bond donors (Lipinski definition) is 7. The van der Waals surface area contributed by atoms with E-state index in [0.717, 1.165) is 13.1 Å². The Morgan fingerprint density at radius 1 is 1.00 bits per heavy atom. The molecular weight excluding hydrogens is 218 g/mol. The quantitative estimate of drug-likeness (QED) is 0.124. The summed E-state index contributed by atoms with van der Waals surface area (Å²) in [4.78, 5) is 0. The van der Waals surface area contributed by atoms with Gasteiger partial charge in [-0.05, 0) is 0 Å². The zero-order chi connectivity index (χ0) is 12.0. The second-order valence-electron chi connectivity index (χ2n) is 1.78. The van der Waals surface area contributed by atoms with Crippen molar-refractivity contribution in [1.82, 2.24) is 5.32 Å². The molecule has 0 aliphatic heterocycles. The van der Waals surface area contributed by atoms with Gasteiger partial charge in [0, 0.05) is 26.2 Å². The van der Waals surface area contributed by atoms with Crippen LogP contribution in [0.4, 0.5) is 0 Å². The second kappa shape index (κ2) is 15.2. The van der Waals surface area contributed by atoms with Gasteiger partial charge in [-0.3, -0.25) is 19.6 Å². The molecule has 14 heavy (non-hydrogen) atoms. The van der Waals surface area contributed by atoms with Crippen molar-refractivity contribution >= 4 is 10.4 Å². The van der Waals surface area contributed by atoms with E-state index in [4.69, 9.17) is 39.5 Å². The molecule has 0 saturated carbocycles. The Morgan fingerprint density at radius 2 is 1.21 bits per heavy atom. The van der Waals surface area contributed by atoms with Crippen LogP contribution in [0.1, 0.15) is 0 Å². The number of rotatable bonds is 4. The van der Waals surface area contributed by atoms with Crippen LogP contribution in [0.5, 0.6) is 0 Å². The van der Waals surface area contributed by atoms with Crippen molar-refractivity contribution in [2.45, 2.75) is 0 Å². The van der Waals surface area contributed by atoms with E-state index in [2.05, 4.69) is 5.32 Å². The van der Waals surface area contributed by atoms with Crippen LogP contribution in [0.25, 0.3) is 0 Å². The molecule has 0 unspecified atom stereocenters. The van der Waals surface area contributed by atoms with Gasteiger partial charge < -0.3 is 16.8 Å². The summed E-state index contributed by atoms with van der Waals surface area (Å²) in [7, 11) is -4.67. The van der Waals surface area contributed by atoms with Crippen molar-refractivity contribution in [3.63, 3.8) is 0 Å². The van der Waals surface area contributed by atoms with Crippen LogP contribution in [-0.2, 0) is 10.4 Å². The number of hydrogen-bond acceptors (Lipinski definition) is 7. The lowest BCUT2D eigenvalue weighted by Crippen LogP contribution is -2.27. The topological polar surface area (TPSA) is 179 Å². The van der Waals surface area contributed by atoms with Gasteiger partial charge in [-0.25, -0.2) is 0 Å². The summed E-state index contributed by atoms with van der Waals surface area (Å²) in [5.41, 5.74) is 10.3. The maximum absolute atomic E-state index is 8.74. The van der Waals surface area contributed by atoms with Crippen molar-refractivity contribution in [3.05, 3.63) is 0 Å². The molecular formula is C4H17N3O6S. The zero-order valence-corrected chi connectivity index (χ0v) is 8.31. The van der Waals surface area contributed by atoms with E-state index < -0.39 is 10.4 Å². The van der Waals surface area contributed by atoms with E-state index in [1.165, 1.54) is 0 Å². The van der Waals surface area contributed by atoms with Crippen molar-refractivity contribution in [2.24, 2.45) is 11.5 Å². The Kier molecular flexibility index (Phi) is 20.9. The summed E-state index contributed by atoms with van der Waals surface area (Å²) < 4.78 is 31.6. The average molecular weight is 235 g/mol. The molecule has 0 aliphatic rings. The van der Waals surface area contributed by atoms with E-state index in [1.54, 1.807) is 0 Å². The first-order chi connectivity index (χ1) is 6.41. The largest absolute Gasteiger partial charge is 0.394 e. The standard InChI is InChI=1S/C4H13N3.H2O4S.H2O2/c5-1-3-7-4-2-6;1-5(2,3)4;1-2/h7H,1-6H2;(H2,1,2,3,4);1-2H. The number of nitrogens with two attached hydrogens (primary N) is 2. The fraction of sp³-hybridized carbons (Fsp3) is 1.00. The molecule has 0 aliphatic carbocycles. The number of nitrogens with one attached hydrogen (secondary N) is 1. The van der Waals surface area contributed by atoms with E-state index in [1.807, 2.05) is 0 Å². The van der Waals surface area contributed by atoms with Crippen molar-refractivity contribution in [2.75, 3.05) is 26.2 Å². The normalized spacial score (nSPS) is 9.29. The van der Waals surface area contributed by atoms with Gasteiger partial charge in [-0.2, -0.15) is 8.42 Å². The minimum Gasteiger partial charge on any atom is -0.329 e. The molecule has 0 spiro atoms. The molecule has 9 N–H and O–H groups in total. The summed E-state index contributed by atoms with van der Waals surface area (Å²) in [5.74, 6) is 0. The zero-order valence-electron chi connectivity index (χ0n) is 7.50.